The Labute approximate surface area is 166 Å². The van der Waals surface area contributed by atoms with Gasteiger partial charge in [0.25, 0.3) is 5.91 Å². The predicted octanol–water partition coefficient (Wildman–Crippen LogP) is 5.65. The first-order valence-electron chi connectivity index (χ1n) is 8.62. The molecule has 0 bridgehead atoms. The number of benzene rings is 3. The second-order valence-electron chi connectivity index (χ2n) is 6.39. The second kappa shape index (κ2) is 7.37. The lowest BCUT2D eigenvalue weighted by atomic mass is 10.00. The molecule has 0 fully saturated rings. The quantitative estimate of drug-likeness (QED) is 0.491. The Morgan fingerprint density at radius 3 is 2.54 bits per heavy atom. The summed E-state index contributed by atoms with van der Waals surface area (Å²) in [7, 11) is 0. The van der Waals surface area contributed by atoms with Gasteiger partial charge < -0.3 is 5.32 Å². The third kappa shape index (κ3) is 3.44. The van der Waals surface area contributed by atoms with Gasteiger partial charge in [-0.15, -0.1) is 10.2 Å². The lowest BCUT2D eigenvalue weighted by Crippen LogP contribution is -2.15. The molecule has 1 N–H and O–H groups in total. The zero-order valence-electron chi connectivity index (χ0n) is 14.9. The van der Waals surface area contributed by atoms with Crippen LogP contribution >= 0.6 is 11.6 Å². The minimum Gasteiger partial charge on any atom is -0.322 e. The molecule has 0 saturated heterocycles. The molecule has 0 spiro atoms. The largest absolute Gasteiger partial charge is 0.322 e. The first-order chi connectivity index (χ1) is 13.5. The van der Waals surface area contributed by atoms with Crippen molar-refractivity contribution in [1.82, 2.24) is 10.2 Å². The summed E-state index contributed by atoms with van der Waals surface area (Å²) in [4.78, 5) is 13.2. The van der Waals surface area contributed by atoms with Crippen LogP contribution in [0, 0.1) is 12.7 Å². The fourth-order valence-corrected chi connectivity index (χ4v) is 3.19. The van der Waals surface area contributed by atoms with Crippen LogP contribution in [-0.2, 0) is 0 Å². The third-order valence-electron chi connectivity index (χ3n) is 4.37. The highest BCUT2D eigenvalue weighted by molar-refractivity contribution is 6.31. The van der Waals surface area contributed by atoms with E-state index < -0.39 is 5.82 Å². The number of aryl methyl sites for hydroxylation is 1. The molecule has 0 atom stereocenters. The summed E-state index contributed by atoms with van der Waals surface area (Å²) in [5, 5.41) is 12.0. The van der Waals surface area contributed by atoms with Crippen molar-refractivity contribution >= 4 is 34.1 Å². The Kier molecular flexibility index (Phi) is 4.75. The summed E-state index contributed by atoms with van der Waals surface area (Å²) in [6, 6.07) is 19.1. The second-order valence-corrected chi connectivity index (χ2v) is 6.80. The Morgan fingerprint density at radius 1 is 1.00 bits per heavy atom. The number of nitrogens with one attached hydrogen (secondary N) is 1. The fourth-order valence-electron chi connectivity index (χ4n) is 3.01. The van der Waals surface area contributed by atoms with E-state index >= 15 is 0 Å². The molecule has 0 aliphatic carbocycles. The molecular formula is C22H15ClFN3O. The monoisotopic (exact) mass is 391 g/mol. The van der Waals surface area contributed by atoms with Crippen molar-refractivity contribution in [3.63, 3.8) is 0 Å². The van der Waals surface area contributed by atoms with Crippen LogP contribution in [0.4, 0.5) is 10.1 Å². The third-order valence-corrected chi connectivity index (χ3v) is 4.66. The van der Waals surface area contributed by atoms with E-state index in [1.54, 1.807) is 0 Å². The first kappa shape index (κ1) is 18.1. The van der Waals surface area contributed by atoms with Gasteiger partial charge >= 0.3 is 0 Å². The highest BCUT2D eigenvalue weighted by Gasteiger charge is 2.20. The van der Waals surface area contributed by atoms with Crippen LogP contribution in [0.5, 0.6) is 0 Å². The summed E-state index contributed by atoms with van der Waals surface area (Å²) < 4.78 is 13.4. The van der Waals surface area contributed by atoms with Crippen molar-refractivity contribution in [1.29, 1.82) is 0 Å². The maximum Gasteiger partial charge on any atom is 0.258 e. The molecule has 6 heteroatoms. The summed E-state index contributed by atoms with van der Waals surface area (Å²) in [6.45, 7) is 1.95. The highest BCUT2D eigenvalue weighted by atomic mass is 35.5. The molecule has 1 heterocycles. The number of aromatic nitrogens is 2. The number of amides is 1. The lowest BCUT2D eigenvalue weighted by molar-refractivity contribution is 0.102. The summed E-state index contributed by atoms with van der Waals surface area (Å²) in [5.41, 5.74) is 3.67. The van der Waals surface area contributed by atoms with E-state index in [9.17, 15) is 9.18 Å². The van der Waals surface area contributed by atoms with Gasteiger partial charge in [0, 0.05) is 16.6 Å². The van der Waals surface area contributed by atoms with Crippen LogP contribution < -0.4 is 5.32 Å². The van der Waals surface area contributed by atoms with E-state index in [-0.39, 0.29) is 10.9 Å². The summed E-state index contributed by atoms with van der Waals surface area (Å²) in [6.07, 6.45) is 0. The molecule has 0 aliphatic heterocycles. The number of carbonyl (C=O) groups is 1. The Hall–Kier alpha value is -3.31. The van der Waals surface area contributed by atoms with Crippen molar-refractivity contribution in [3.05, 3.63) is 88.7 Å². The number of rotatable bonds is 3. The number of hydrogen-bond acceptors (Lipinski definition) is 3. The van der Waals surface area contributed by atoms with E-state index in [1.807, 2.05) is 55.5 Å². The number of halogens is 2. The molecule has 0 aliphatic rings. The number of fused-ring (bicyclic) bond motifs is 1. The van der Waals surface area contributed by atoms with Crippen LogP contribution in [-0.4, -0.2) is 16.1 Å². The molecule has 4 rings (SSSR count). The predicted molar refractivity (Wildman–Crippen MR) is 109 cm³/mol. The van der Waals surface area contributed by atoms with Gasteiger partial charge in [0.15, 0.2) is 0 Å². The van der Waals surface area contributed by atoms with Gasteiger partial charge in [0.2, 0.25) is 0 Å². The lowest BCUT2D eigenvalue weighted by Gasteiger charge is -2.13. The fraction of sp³-hybridized carbons (Fsp3) is 0.0455. The molecule has 3 aromatic carbocycles. The summed E-state index contributed by atoms with van der Waals surface area (Å²) in [5.74, 6) is -0.914. The van der Waals surface area contributed by atoms with Crippen LogP contribution in [0.15, 0.2) is 66.7 Å². The average Bonchev–Trinajstić information content (AvgIpc) is 2.70. The molecule has 0 unspecified atom stereocenters. The zero-order chi connectivity index (χ0) is 19.7. The Balaban J connectivity index is 1.88. The number of carbonyl (C=O) groups excluding carboxylic acids is 1. The topological polar surface area (TPSA) is 54.9 Å². The minimum atomic E-state index is -0.545. The molecule has 138 valence electrons. The smallest absolute Gasteiger partial charge is 0.258 e. The van der Waals surface area contributed by atoms with E-state index in [4.69, 9.17) is 11.6 Å². The van der Waals surface area contributed by atoms with Crippen molar-refractivity contribution in [3.8, 4) is 11.3 Å². The molecule has 4 aromatic rings. The highest BCUT2D eigenvalue weighted by Crippen LogP contribution is 2.29. The van der Waals surface area contributed by atoms with E-state index in [0.717, 1.165) is 11.1 Å². The van der Waals surface area contributed by atoms with Crippen LogP contribution in [0.3, 0.4) is 0 Å². The van der Waals surface area contributed by atoms with Crippen LogP contribution in [0.1, 0.15) is 15.9 Å². The Morgan fingerprint density at radius 2 is 1.79 bits per heavy atom. The standard InChI is InChI=1S/C22H15ClFN3O/c1-13-7-10-19-16(11-13)20(21(27-26-19)14-5-3-2-4-6-14)22(28)25-15-8-9-18(24)17(23)12-15/h2-12H,1H3,(H,25,28). The Bertz CT molecular complexity index is 1200. The van der Waals surface area contributed by atoms with Gasteiger partial charge in [-0.2, -0.15) is 0 Å². The van der Waals surface area contributed by atoms with E-state index in [0.29, 0.717) is 27.8 Å². The van der Waals surface area contributed by atoms with Crippen LogP contribution in [0.2, 0.25) is 5.02 Å². The molecule has 0 radical (unpaired) electrons. The average molecular weight is 392 g/mol. The molecule has 1 amide bonds. The molecule has 4 nitrogen and oxygen atoms in total. The van der Waals surface area contributed by atoms with Gasteiger partial charge in [-0.1, -0.05) is 53.6 Å². The van der Waals surface area contributed by atoms with Gasteiger partial charge in [0.05, 0.1) is 16.1 Å². The number of anilines is 1. The number of nitrogens with zero attached hydrogens (tertiary/aromatic N) is 2. The summed E-state index contributed by atoms with van der Waals surface area (Å²) >= 11 is 5.84. The van der Waals surface area contributed by atoms with Crippen molar-refractivity contribution in [2.24, 2.45) is 0 Å². The van der Waals surface area contributed by atoms with Crippen LogP contribution in [0.25, 0.3) is 22.2 Å². The normalized spacial score (nSPS) is 10.8. The van der Waals surface area contributed by atoms with Gasteiger partial charge in [0.1, 0.15) is 11.5 Å². The van der Waals surface area contributed by atoms with Crippen molar-refractivity contribution in [2.45, 2.75) is 6.92 Å². The van der Waals surface area contributed by atoms with Crippen molar-refractivity contribution < 1.29 is 9.18 Å². The first-order valence-corrected chi connectivity index (χ1v) is 8.99. The van der Waals surface area contributed by atoms with E-state index in [1.165, 1.54) is 18.2 Å². The van der Waals surface area contributed by atoms with Gasteiger partial charge in [-0.25, -0.2) is 4.39 Å². The van der Waals surface area contributed by atoms with Gasteiger partial charge in [-0.05, 0) is 37.3 Å². The minimum absolute atomic E-state index is 0.0605. The van der Waals surface area contributed by atoms with E-state index in [2.05, 4.69) is 15.5 Å². The molecule has 1 aromatic heterocycles. The maximum absolute atomic E-state index is 13.4. The SMILES string of the molecule is Cc1ccc2nnc(-c3ccccc3)c(C(=O)Nc3ccc(F)c(Cl)c3)c2c1. The zero-order valence-corrected chi connectivity index (χ0v) is 15.7. The number of hydrogen-bond donors (Lipinski definition) is 1. The molecular weight excluding hydrogens is 377 g/mol. The maximum atomic E-state index is 13.4. The molecule has 0 saturated carbocycles. The van der Waals surface area contributed by atoms with Crippen molar-refractivity contribution in [2.75, 3.05) is 5.32 Å². The molecule has 28 heavy (non-hydrogen) atoms. The van der Waals surface area contributed by atoms with Gasteiger partial charge in [-0.3, -0.25) is 4.79 Å².